The number of aromatic amines is 1. The summed E-state index contributed by atoms with van der Waals surface area (Å²) in [7, 11) is -3.48. The summed E-state index contributed by atoms with van der Waals surface area (Å²) in [6.07, 6.45) is 3.89. The Bertz CT molecular complexity index is 653. The van der Waals surface area contributed by atoms with Crippen molar-refractivity contribution in [3.05, 3.63) is 48.0 Å². The maximum atomic E-state index is 12.2. The summed E-state index contributed by atoms with van der Waals surface area (Å²) in [5.74, 6) is 0.763. The fourth-order valence-electron chi connectivity index (χ4n) is 1.91. The molecule has 0 aliphatic carbocycles. The van der Waals surface area contributed by atoms with Crippen LogP contribution < -0.4 is 10.0 Å². The summed E-state index contributed by atoms with van der Waals surface area (Å²) in [5, 5.41) is 3.18. The van der Waals surface area contributed by atoms with Gasteiger partial charge in [-0.15, -0.1) is 0 Å². The molecule has 0 unspecified atom stereocenters. The second-order valence-electron chi connectivity index (χ2n) is 4.61. The zero-order valence-corrected chi connectivity index (χ0v) is 12.8. The molecule has 2 aromatic rings. The molecule has 3 N–H and O–H groups in total. The predicted octanol–water partition coefficient (Wildman–Crippen LogP) is 1.04. The van der Waals surface area contributed by atoms with Gasteiger partial charge < -0.3 is 10.3 Å². The number of hydrogen-bond acceptors (Lipinski definition) is 4. The number of aromatic nitrogens is 2. The molecule has 0 atom stereocenters. The molecule has 0 radical (unpaired) electrons. The molecule has 0 bridgehead atoms. The standard InChI is InChI=1S/C14H20N4O2S/c1-2-15-11-12-4-3-5-13(10-12)21(19,20)18-7-6-14-16-8-9-17-14/h3-5,8-10,15,18H,2,6-7,11H2,1H3,(H,16,17). The van der Waals surface area contributed by atoms with Gasteiger partial charge in [0, 0.05) is 31.9 Å². The second-order valence-corrected chi connectivity index (χ2v) is 6.38. The lowest BCUT2D eigenvalue weighted by Crippen LogP contribution is -2.26. The number of nitrogens with zero attached hydrogens (tertiary/aromatic N) is 1. The van der Waals surface area contributed by atoms with Crippen LogP contribution in [0.15, 0.2) is 41.6 Å². The Hall–Kier alpha value is -1.70. The summed E-state index contributed by atoms with van der Waals surface area (Å²) in [4.78, 5) is 7.29. The molecular weight excluding hydrogens is 288 g/mol. The Morgan fingerprint density at radius 2 is 2.19 bits per heavy atom. The number of rotatable bonds is 8. The van der Waals surface area contributed by atoms with Crippen molar-refractivity contribution in [1.82, 2.24) is 20.0 Å². The van der Waals surface area contributed by atoms with Crippen LogP contribution in [0.3, 0.4) is 0 Å². The molecule has 0 saturated heterocycles. The first kappa shape index (κ1) is 15.7. The van der Waals surface area contributed by atoms with E-state index in [4.69, 9.17) is 0 Å². The van der Waals surface area contributed by atoms with Gasteiger partial charge in [0.15, 0.2) is 0 Å². The third-order valence-electron chi connectivity index (χ3n) is 3.00. The first-order valence-electron chi connectivity index (χ1n) is 6.89. The van der Waals surface area contributed by atoms with Gasteiger partial charge in [0.1, 0.15) is 5.82 Å². The molecule has 21 heavy (non-hydrogen) atoms. The molecule has 2 rings (SSSR count). The summed E-state index contributed by atoms with van der Waals surface area (Å²) < 4.78 is 27.0. The van der Waals surface area contributed by atoms with Gasteiger partial charge in [0.25, 0.3) is 0 Å². The van der Waals surface area contributed by atoms with E-state index < -0.39 is 10.0 Å². The van der Waals surface area contributed by atoms with Crippen LogP contribution in [0.4, 0.5) is 0 Å². The van der Waals surface area contributed by atoms with Crippen LogP contribution in [0.25, 0.3) is 0 Å². The molecule has 0 amide bonds. The molecule has 0 aliphatic heterocycles. The van der Waals surface area contributed by atoms with Crippen LogP contribution in [0.2, 0.25) is 0 Å². The molecule has 1 aromatic carbocycles. The third kappa shape index (κ3) is 4.66. The summed E-state index contributed by atoms with van der Waals surface area (Å²) in [6, 6.07) is 6.96. The fraction of sp³-hybridized carbons (Fsp3) is 0.357. The minimum Gasteiger partial charge on any atom is -0.349 e. The average Bonchev–Trinajstić information content (AvgIpc) is 2.98. The number of hydrogen-bond donors (Lipinski definition) is 3. The molecular formula is C14H20N4O2S. The van der Waals surface area contributed by atoms with Crippen LogP contribution in [0.5, 0.6) is 0 Å². The Labute approximate surface area is 125 Å². The summed E-state index contributed by atoms with van der Waals surface area (Å²) >= 11 is 0. The highest BCUT2D eigenvalue weighted by atomic mass is 32.2. The monoisotopic (exact) mass is 308 g/mol. The first-order valence-corrected chi connectivity index (χ1v) is 8.37. The van der Waals surface area contributed by atoms with Gasteiger partial charge in [-0.1, -0.05) is 19.1 Å². The molecule has 7 heteroatoms. The quantitative estimate of drug-likeness (QED) is 0.680. The normalized spacial score (nSPS) is 11.7. The highest BCUT2D eigenvalue weighted by Gasteiger charge is 2.13. The Balaban J connectivity index is 1.98. The SMILES string of the molecule is CCNCc1cccc(S(=O)(=O)NCCc2ncc[nH]2)c1. The van der Waals surface area contributed by atoms with Crippen LogP contribution in [-0.2, 0) is 23.0 Å². The van der Waals surface area contributed by atoms with Crippen LogP contribution in [0.1, 0.15) is 18.3 Å². The van der Waals surface area contributed by atoms with E-state index in [1.54, 1.807) is 30.6 Å². The smallest absolute Gasteiger partial charge is 0.240 e. The first-order chi connectivity index (χ1) is 10.1. The van der Waals surface area contributed by atoms with Gasteiger partial charge in [-0.2, -0.15) is 0 Å². The zero-order chi connectivity index (χ0) is 15.1. The molecule has 0 aliphatic rings. The third-order valence-corrected chi connectivity index (χ3v) is 4.46. The number of sulfonamides is 1. The number of imidazole rings is 1. The average molecular weight is 308 g/mol. The van der Waals surface area contributed by atoms with Crippen molar-refractivity contribution in [2.24, 2.45) is 0 Å². The molecule has 6 nitrogen and oxygen atoms in total. The highest BCUT2D eigenvalue weighted by Crippen LogP contribution is 2.11. The number of H-pyrrole nitrogens is 1. The molecule has 0 saturated carbocycles. The van der Waals surface area contributed by atoms with Crippen LogP contribution in [-0.4, -0.2) is 31.5 Å². The van der Waals surface area contributed by atoms with Gasteiger partial charge in [0.05, 0.1) is 4.90 Å². The maximum Gasteiger partial charge on any atom is 0.240 e. The van der Waals surface area contributed by atoms with E-state index in [0.717, 1.165) is 17.9 Å². The molecule has 114 valence electrons. The molecule has 0 fully saturated rings. The fourth-order valence-corrected chi connectivity index (χ4v) is 3.02. The van der Waals surface area contributed by atoms with E-state index >= 15 is 0 Å². The second kappa shape index (κ2) is 7.35. The predicted molar refractivity (Wildman–Crippen MR) is 81.3 cm³/mol. The van der Waals surface area contributed by atoms with Crippen LogP contribution in [0, 0.1) is 0 Å². The van der Waals surface area contributed by atoms with E-state index in [1.165, 1.54) is 0 Å². The van der Waals surface area contributed by atoms with Crippen molar-refractivity contribution >= 4 is 10.0 Å². The van der Waals surface area contributed by atoms with E-state index in [2.05, 4.69) is 20.0 Å². The van der Waals surface area contributed by atoms with E-state index in [-0.39, 0.29) is 4.90 Å². The van der Waals surface area contributed by atoms with Gasteiger partial charge >= 0.3 is 0 Å². The van der Waals surface area contributed by atoms with Gasteiger partial charge in [-0.05, 0) is 24.2 Å². The molecule has 0 spiro atoms. The lowest BCUT2D eigenvalue weighted by Gasteiger charge is -2.08. The lowest BCUT2D eigenvalue weighted by molar-refractivity contribution is 0.580. The largest absolute Gasteiger partial charge is 0.349 e. The van der Waals surface area contributed by atoms with Crippen molar-refractivity contribution in [3.63, 3.8) is 0 Å². The molecule has 1 aromatic heterocycles. The highest BCUT2D eigenvalue weighted by molar-refractivity contribution is 7.89. The van der Waals surface area contributed by atoms with Gasteiger partial charge in [-0.3, -0.25) is 0 Å². The van der Waals surface area contributed by atoms with Crippen molar-refractivity contribution < 1.29 is 8.42 Å². The lowest BCUT2D eigenvalue weighted by atomic mass is 10.2. The summed E-state index contributed by atoms with van der Waals surface area (Å²) in [5.41, 5.74) is 0.950. The van der Waals surface area contributed by atoms with Crippen molar-refractivity contribution in [1.29, 1.82) is 0 Å². The van der Waals surface area contributed by atoms with E-state index in [9.17, 15) is 8.42 Å². The van der Waals surface area contributed by atoms with Gasteiger partial charge in [0.2, 0.25) is 10.0 Å². The van der Waals surface area contributed by atoms with Crippen LogP contribution >= 0.6 is 0 Å². The van der Waals surface area contributed by atoms with E-state index in [1.807, 2.05) is 13.0 Å². The summed E-state index contributed by atoms with van der Waals surface area (Å²) in [6.45, 7) is 3.83. The Kier molecular flexibility index (Phi) is 5.49. The van der Waals surface area contributed by atoms with Crippen molar-refractivity contribution in [2.45, 2.75) is 24.8 Å². The topological polar surface area (TPSA) is 86.9 Å². The zero-order valence-electron chi connectivity index (χ0n) is 12.0. The number of benzene rings is 1. The minimum atomic E-state index is -3.48. The van der Waals surface area contributed by atoms with E-state index in [0.29, 0.717) is 19.5 Å². The van der Waals surface area contributed by atoms with Crippen molar-refractivity contribution in [3.8, 4) is 0 Å². The molecule has 1 heterocycles. The Morgan fingerprint density at radius 3 is 2.90 bits per heavy atom. The Morgan fingerprint density at radius 1 is 1.33 bits per heavy atom. The maximum absolute atomic E-state index is 12.2. The van der Waals surface area contributed by atoms with Crippen molar-refractivity contribution in [2.75, 3.05) is 13.1 Å². The number of nitrogens with one attached hydrogen (secondary N) is 3. The minimum absolute atomic E-state index is 0.289. The van der Waals surface area contributed by atoms with Gasteiger partial charge in [-0.25, -0.2) is 18.1 Å².